The number of aromatic nitrogens is 1. The molecule has 0 saturated heterocycles. The summed E-state index contributed by atoms with van der Waals surface area (Å²) in [5.41, 5.74) is 0. The van der Waals surface area contributed by atoms with Crippen LogP contribution in [-0.2, 0) is 10.0 Å². The molecule has 0 radical (unpaired) electrons. The first kappa shape index (κ1) is 14.6. The zero-order valence-electron chi connectivity index (χ0n) is 10.1. The summed E-state index contributed by atoms with van der Waals surface area (Å²) in [6.07, 6.45) is 4.80. The van der Waals surface area contributed by atoms with E-state index in [1.54, 1.807) is 12.3 Å². The van der Waals surface area contributed by atoms with Crippen molar-refractivity contribution in [2.45, 2.75) is 31.6 Å². The van der Waals surface area contributed by atoms with E-state index in [1.807, 2.05) is 13.8 Å². The van der Waals surface area contributed by atoms with Crippen LogP contribution >= 0.6 is 15.9 Å². The largest absolute Gasteiger partial charge is 0.262 e. The van der Waals surface area contributed by atoms with E-state index in [2.05, 4.69) is 20.9 Å². The number of unbranched alkanes of at least 4 members (excludes halogenated alkanes) is 1. The summed E-state index contributed by atoms with van der Waals surface area (Å²) in [6.45, 7) is 4.93. The maximum absolute atomic E-state index is 12.3. The molecule has 0 spiro atoms. The Kier molecular flexibility index (Phi) is 5.55. The van der Waals surface area contributed by atoms with Gasteiger partial charge in [-0.05, 0) is 28.4 Å². The fourth-order valence-electron chi connectivity index (χ4n) is 1.47. The molecule has 96 valence electrons. The Labute approximate surface area is 111 Å². The molecule has 0 aromatic carbocycles. The highest BCUT2D eigenvalue weighted by atomic mass is 79.9. The minimum absolute atomic E-state index is 0.241. The van der Waals surface area contributed by atoms with Gasteiger partial charge in [-0.15, -0.1) is 0 Å². The average molecular weight is 321 g/mol. The third kappa shape index (κ3) is 3.76. The maximum atomic E-state index is 12.3. The molecule has 0 atom stereocenters. The Morgan fingerprint density at radius 3 is 2.59 bits per heavy atom. The van der Waals surface area contributed by atoms with Crippen molar-refractivity contribution in [1.29, 1.82) is 0 Å². The number of halogens is 1. The van der Waals surface area contributed by atoms with Gasteiger partial charge in [0.05, 0.1) is 0 Å². The lowest BCUT2D eigenvalue weighted by Gasteiger charge is -2.20. The molecule has 0 aliphatic rings. The first-order valence-electron chi connectivity index (χ1n) is 5.63. The van der Waals surface area contributed by atoms with E-state index >= 15 is 0 Å². The van der Waals surface area contributed by atoms with E-state index in [0.29, 0.717) is 17.6 Å². The highest BCUT2D eigenvalue weighted by molar-refractivity contribution is 9.10. The predicted molar refractivity (Wildman–Crippen MR) is 71.3 cm³/mol. The second-order valence-electron chi connectivity index (χ2n) is 3.69. The van der Waals surface area contributed by atoms with Crippen LogP contribution in [0.1, 0.15) is 26.7 Å². The van der Waals surface area contributed by atoms with Gasteiger partial charge >= 0.3 is 0 Å². The van der Waals surface area contributed by atoms with Gasteiger partial charge in [0.2, 0.25) is 10.0 Å². The molecule has 1 heterocycles. The van der Waals surface area contributed by atoms with Crippen LogP contribution < -0.4 is 0 Å². The van der Waals surface area contributed by atoms with Crippen LogP contribution in [0, 0.1) is 0 Å². The number of sulfonamides is 1. The molecule has 1 rings (SSSR count). The smallest absolute Gasteiger partial charge is 0.244 e. The third-order valence-electron chi connectivity index (χ3n) is 2.43. The monoisotopic (exact) mass is 320 g/mol. The standard InChI is InChI=1S/C11H17BrN2O2S/c1-3-5-6-14(4-2)17(15,16)11-7-10(12)8-13-9-11/h7-9H,3-6H2,1-2H3. The fourth-order valence-corrected chi connectivity index (χ4v) is 3.46. The predicted octanol–water partition coefficient (Wildman–Crippen LogP) is 2.65. The van der Waals surface area contributed by atoms with Crippen molar-refractivity contribution in [3.63, 3.8) is 0 Å². The number of pyridine rings is 1. The van der Waals surface area contributed by atoms with E-state index in [1.165, 1.54) is 10.5 Å². The molecule has 0 fully saturated rings. The van der Waals surface area contributed by atoms with Gasteiger partial charge in [-0.1, -0.05) is 20.3 Å². The quantitative estimate of drug-likeness (QED) is 0.809. The van der Waals surface area contributed by atoms with Crippen LogP contribution in [0.3, 0.4) is 0 Å². The van der Waals surface area contributed by atoms with Crippen molar-refractivity contribution >= 4 is 26.0 Å². The van der Waals surface area contributed by atoms with E-state index in [0.717, 1.165) is 12.8 Å². The van der Waals surface area contributed by atoms with E-state index < -0.39 is 10.0 Å². The highest BCUT2D eigenvalue weighted by Crippen LogP contribution is 2.18. The number of rotatable bonds is 6. The van der Waals surface area contributed by atoms with Gasteiger partial charge in [-0.2, -0.15) is 4.31 Å². The lowest BCUT2D eigenvalue weighted by molar-refractivity contribution is 0.418. The zero-order valence-corrected chi connectivity index (χ0v) is 12.5. The zero-order chi connectivity index (χ0) is 12.9. The van der Waals surface area contributed by atoms with Crippen molar-refractivity contribution in [3.8, 4) is 0 Å². The highest BCUT2D eigenvalue weighted by Gasteiger charge is 2.22. The first-order valence-corrected chi connectivity index (χ1v) is 7.86. The minimum Gasteiger partial charge on any atom is -0.262 e. The van der Waals surface area contributed by atoms with Gasteiger partial charge in [0.15, 0.2) is 0 Å². The summed E-state index contributed by atoms with van der Waals surface area (Å²) < 4.78 is 26.7. The van der Waals surface area contributed by atoms with Crippen molar-refractivity contribution in [1.82, 2.24) is 9.29 Å². The molecule has 6 heteroatoms. The van der Waals surface area contributed by atoms with Crippen LogP contribution in [0.4, 0.5) is 0 Å². The fraction of sp³-hybridized carbons (Fsp3) is 0.545. The molecule has 0 saturated carbocycles. The van der Waals surface area contributed by atoms with Gasteiger partial charge in [0, 0.05) is 30.0 Å². The molecule has 0 aliphatic carbocycles. The molecule has 0 amide bonds. The summed E-state index contributed by atoms with van der Waals surface area (Å²) in [5, 5.41) is 0. The summed E-state index contributed by atoms with van der Waals surface area (Å²) in [6, 6.07) is 1.58. The Balaban J connectivity index is 3.00. The van der Waals surface area contributed by atoms with Crippen LogP contribution in [0.5, 0.6) is 0 Å². The van der Waals surface area contributed by atoms with Crippen molar-refractivity contribution in [2.24, 2.45) is 0 Å². The van der Waals surface area contributed by atoms with Crippen molar-refractivity contribution in [2.75, 3.05) is 13.1 Å². The number of hydrogen-bond donors (Lipinski definition) is 0. The van der Waals surface area contributed by atoms with Crippen LogP contribution in [-0.4, -0.2) is 30.8 Å². The molecular formula is C11H17BrN2O2S. The van der Waals surface area contributed by atoms with Gasteiger partial charge in [-0.3, -0.25) is 4.98 Å². The van der Waals surface area contributed by atoms with Gasteiger partial charge in [0.1, 0.15) is 4.90 Å². The van der Waals surface area contributed by atoms with Gasteiger partial charge in [0.25, 0.3) is 0 Å². The molecule has 1 aromatic heterocycles. The van der Waals surface area contributed by atoms with Crippen LogP contribution in [0.15, 0.2) is 27.8 Å². The Morgan fingerprint density at radius 1 is 1.35 bits per heavy atom. The average Bonchev–Trinajstić information content (AvgIpc) is 2.30. The molecular weight excluding hydrogens is 304 g/mol. The summed E-state index contributed by atoms with van der Waals surface area (Å²) >= 11 is 3.23. The molecule has 4 nitrogen and oxygen atoms in total. The third-order valence-corrected chi connectivity index (χ3v) is 4.80. The van der Waals surface area contributed by atoms with Crippen LogP contribution in [0.2, 0.25) is 0 Å². The van der Waals surface area contributed by atoms with E-state index in [4.69, 9.17) is 0 Å². The lowest BCUT2D eigenvalue weighted by Crippen LogP contribution is -2.31. The van der Waals surface area contributed by atoms with Gasteiger partial charge in [-0.25, -0.2) is 8.42 Å². The number of nitrogens with zero attached hydrogens (tertiary/aromatic N) is 2. The Morgan fingerprint density at radius 2 is 2.06 bits per heavy atom. The summed E-state index contributed by atoms with van der Waals surface area (Å²) in [5.74, 6) is 0. The normalized spacial score (nSPS) is 12.0. The topological polar surface area (TPSA) is 50.3 Å². The summed E-state index contributed by atoms with van der Waals surface area (Å²) in [7, 11) is -3.41. The minimum atomic E-state index is -3.41. The van der Waals surface area contributed by atoms with E-state index in [-0.39, 0.29) is 4.90 Å². The maximum Gasteiger partial charge on any atom is 0.244 e. The second-order valence-corrected chi connectivity index (χ2v) is 6.54. The first-order chi connectivity index (χ1) is 8.02. The van der Waals surface area contributed by atoms with E-state index in [9.17, 15) is 8.42 Å². The summed E-state index contributed by atoms with van der Waals surface area (Å²) in [4.78, 5) is 4.14. The molecule has 0 N–H and O–H groups in total. The Hall–Kier alpha value is -0.460. The second kappa shape index (κ2) is 6.47. The molecule has 0 aliphatic heterocycles. The van der Waals surface area contributed by atoms with Crippen molar-refractivity contribution < 1.29 is 8.42 Å². The lowest BCUT2D eigenvalue weighted by atomic mass is 10.3. The number of hydrogen-bond acceptors (Lipinski definition) is 3. The molecule has 0 unspecified atom stereocenters. The van der Waals surface area contributed by atoms with Gasteiger partial charge < -0.3 is 0 Å². The van der Waals surface area contributed by atoms with Crippen molar-refractivity contribution in [3.05, 3.63) is 22.9 Å². The molecule has 17 heavy (non-hydrogen) atoms. The molecule has 0 bridgehead atoms. The Bertz CT molecular complexity index is 462. The molecule has 1 aromatic rings. The SMILES string of the molecule is CCCCN(CC)S(=O)(=O)c1cncc(Br)c1. The van der Waals surface area contributed by atoms with Crippen LogP contribution in [0.25, 0.3) is 0 Å².